The molecule has 0 atom stereocenters. The number of nitrogens with zero attached hydrogens (tertiary/aromatic N) is 1. The summed E-state index contributed by atoms with van der Waals surface area (Å²) in [5.41, 5.74) is 2.45. The monoisotopic (exact) mass is 377 g/mol. The van der Waals surface area contributed by atoms with Gasteiger partial charge in [-0.15, -0.1) is 0 Å². The third-order valence-corrected chi connectivity index (χ3v) is 7.51. The standard InChI is InChI=1S/C26H20NP/c1-4-11-21(12-5-1)27-20-19-24-25(27)17-10-18-26(24)28(22-13-6-2-7-14-22)23-15-8-3-9-16-23/h1-20H. The van der Waals surface area contributed by atoms with Gasteiger partial charge in [0, 0.05) is 17.3 Å². The van der Waals surface area contributed by atoms with Crippen LogP contribution in [0.5, 0.6) is 0 Å². The zero-order valence-electron chi connectivity index (χ0n) is 15.4. The van der Waals surface area contributed by atoms with Crippen LogP contribution >= 0.6 is 7.92 Å². The SMILES string of the molecule is c1ccc(-n2ccc3c(P(c4ccccc4)c4ccccc4)cccc32)cc1. The second-order valence-electron chi connectivity index (χ2n) is 6.74. The molecule has 0 saturated heterocycles. The number of hydrogen-bond acceptors (Lipinski definition) is 0. The molecule has 0 aliphatic carbocycles. The smallest absolute Gasteiger partial charge is 0.0535 e. The van der Waals surface area contributed by atoms with Gasteiger partial charge in [0.25, 0.3) is 0 Å². The van der Waals surface area contributed by atoms with E-state index in [1.54, 1.807) is 0 Å². The van der Waals surface area contributed by atoms with Gasteiger partial charge in [0.15, 0.2) is 0 Å². The molecule has 0 spiro atoms. The Bertz CT molecular complexity index is 1160. The van der Waals surface area contributed by atoms with Gasteiger partial charge in [-0.1, -0.05) is 91.0 Å². The highest BCUT2D eigenvalue weighted by Gasteiger charge is 2.19. The van der Waals surface area contributed by atoms with Gasteiger partial charge in [0.2, 0.25) is 0 Å². The summed E-state index contributed by atoms with van der Waals surface area (Å²) in [5, 5.41) is 5.48. The second-order valence-corrected chi connectivity index (χ2v) is 8.92. The lowest BCUT2D eigenvalue weighted by atomic mass is 10.2. The van der Waals surface area contributed by atoms with Gasteiger partial charge in [0.05, 0.1) is 5.52 Å². The summed E-state index contributed by atoms with van der Waals surface area (Å²) in [6, 6.07) is 41.3. The van der Waals surface area contributed by atoms with Crippen LogP contribution < -0.4 is 15.9 Å². The van der Waals surface area contributed by atoms with Crippen LogP contribution in [0, 0.1) is 0 Å². The van der Waals surface area contributed by atoms with Gasteiger partial charge in [-0.3, -0.25) is 0 Å². The molecule has 0 radical (unpaired) electrons. The molecule has 4 aromatic carbocycles. The molecule has 1 nitrogen and oxygen atoms in total. The minimum atomic E-state index is -0.615. The zero-order valence-corrected chi connectivity index (χ0v) is 16.3. The minimum Gasteiger partial charge on any atom is -0.317 e. The highest BCUT2D eigenvalue weighted by atomic mass is 31.1. The third kappa shape index (κ3) is 3.05. The molecule has 0 aliphatic rings. The molecule has 0 aliphatic heterocycles. The Balaban J connectivity index is 1.73. The Labute approximate surface area is 166 Å². The fraction of sp³-hybridized carbons (Fsp3) is 0. The zero-order chi connectivity index (χ0) is 18.8. The van der Waals surface area contributed by atoms with Gasteiger partial charge < -0.3 is 4.57 Å². The number of benzene rings is 4. The van der Waals surface area contributed by atoms with Crippen molar-refractivity contribution in [2.75, 3.05) is 0 Å². The fourth-order valence-electron chi connectivity index (χ4n) is 3.74. The van der Waals surface area contributed by atoms with E-state index in [9.17, 15) is 0 Å². The van der Waals surface area contributed by atoms with Crippen LogP contribution in [-0.4, -0.2) is 4.57 Å². The Kier molecular flexibility index (Phi) is 4.53. The Morgan fingerprint density at radius 3 is 1.68 bits per heavy atom. The average Bonchev–Trinajstić information content (AvgIpc) is 3.21. The van der Waals surface area contributed by atoms with E-state index in [0.717, 1.165) is 0 Å². The topological polar surface area (TPSA) is 4.93 Å². The number of fused-ring (bicyclic) bond motifs is 1. The lowest BCUT2D eigenvalue weighted by Gasteiger charge is -2.20. The Morgan fingerprint density at radius 1 is 0.500 bits per heavy atom. The Morgan fingerprint density at radius 2 is 1.07 bits per heavy atom. The van der Waals surface area contributed by atoms with E-state index in [1.807, 2.05) is 0 Å². The molecular formula is C26H20NP. The molecule has 2 heteroatoms. The van der Waals surface area contributed by atoms with Crippen molar-refractivity contribution in [1.29, 1.82) is 0 Å². The number of aromatic nitrogens is 1. The van der Waals surface area contributed by atoms with E-state index >= 15 is 0 Å². The quantitative estimate of drug-likeness (QED) is 0.370. The molecule has 1 heterocycles. The maximum absolute atomic E-state index is 2.30. The van der Waals surface area contributed by atoms with E-state index < -0.39 is 7.92 Å². The highest BCUT2D eigenvalue weighted by molar-refractivity contribution is 7.80. The molecule has 28 heavy (non-hydrogen) atoms. The van der Waals surface area contributed by atoms with Crippen molar-refractivity contribution in [3.05, 3.63) is 121 Å². The molecule has 5 rings (SSSR count). The van der Waals surface area contributed by atoms with Gasteiger partial charge in [0.1, 0.15) is 0 Å². The summed E-state index contributed by atoms with van der Waals surface area (Å²) < 4.78 is 2.28. The van der Waals surface area contributed by atoms with Crippen LogP contribution in [0.25, 0.3) is 16.6 Å². The first-order valence-electron chi connectivity index (χ1n) is 9.47. The van der Waals surface area contributed by atoms with Crippen molar-refractivity contribution >= 4 is 34.7 Å². The molecule has 1 aromatic heterocycles. The van der Waals surface area contributed by atoms with Crippen LogP contribution in [-0.2, 0) is 0 Å². The van der Waals surface area contributed by atoms with Gasteiger partial charge in [-0.25, -0.2) is 0 Å². The lowest BCUT2D eigenvalue weighted by Crippen LogP contribution is -2.20. The number of para-hydroxylation sites is 1. The van der Waals surface area contributed by atoms with E-state index in [-0.39, 0.29) is 0 Å². The molecule has 0 bridgehead atoms. The van der Waals surface area contributed by atoms with Gasteiger partial charge >= 0.3 is 0 Å². The van der Waals surface area contributed by atoms with Crippen LogP contribution in [0.4, 0.5) is 0 Å². The largest absolute Gasteiger partial charge is 0.317 e. The first-order chi connectivity index (χ1) is 13.9. The lowest BCUT2D eigenvalue weighted by molar-refractivity contribution is 1.13. The molecule has 0 N–H and O–H groups in total. The van der Waals surface area contributed by atoms with E-state index in [2.05, 4.69) is 126 Å². The molecule has 134 valence electrons. The van der Waals surface area contributed by atoms with Crippen molar-refractivity contribution in [2.45, 2.75) is 0 Å². The van der Waals surface area contributed by atoms with Crippen molar-refractivity contribution in [3.8, 4) is 5.69 Å². The summed E-state index contributed by atoms with van der Waals surface area (Å²) >= 11 is 0. The summed E-state index contributed by atoms with van der Waals surface area (Å²) in [5.74, 6) is 0. The number of hydrogen-bond donors (Lipinski definition) is 0. The summed E-state index contributed by atoms with van der Waals surface area (Å²) in [7, 11) is -0.615. The van der Waals surface area contributed by atoms with Crippen molar-refractivity contribution in [2.24, 2.45) is 0 Å². The minimum absolute atomic E-state index is 0.615. The summed E-state index contributed by atoms with van der Waals surface area (Å²) in [6.45, 7) is 0. The predicted molar refractivity (Wildman–Crippen MR) is 122 cm³/mol. The summed E-state index contributed by atoms with van der Waals surface area (Å²) in [6.07, 6.45) is 2.19. The second kappa shape index (κ2) is 7.46. The molecular weight excluding hydrogens is 357 g/mol. The van der Waals surface area contributed by atoms with Gasteiger partial charge in [-0.05, 0) is 48.1 Å². The van der Waals surface area contributed by atoms with Crippen molar-refractivity contribution in [3.63, 3.8) is 0 Å². The van der Waals surface area contributed by atoms with Crippen molar-refractivity contribution in [1.82, 2.24) is 4.57 Å². The van der Waals surface area contributed by atoms with Crippen LogP contribution in [0.15, 0.2) is 121 Å². The normalized spacial score (nSPS) is 11.2. The maximum Gasteiger partial charge on any atom is 0.0535 e. The average molecular weight is 377 g/mol. The highest BCUT2D eigenvalue weighted by Crippen LogP contribution is 2.36. The summed E-state index contributed by atoms with van der Waals surface area (Å²) in [4.78, 5) is 0. The third-order valence-electron chi connectivity index (χ3n) is 5.01. The fourth-order valence-corrected chi connectivity index (χ4v) is 6.20. The first kappa shape index (κ1) is 17.0. The van der Waals surface area contributed by atoms with E-state index in [0.29, 0.717) is 0 Å². The van der Waals surface area contributed by atoms with E-state index in [1.165, 1.54) is 32.5 Å². The molecule has 0 saturated carbocycles. The first-order valence-corrected chi connectivity index (χ1v) is 10.8. The Hall–Kier alpha value is -3.15. The van der Waals surface area contributed by atoms with Crippen molar-refractivity contribution < 1.29 is 0 Å². The molecule has 0 unspecified atom stereocenters. The van der Waals surface area contributed by atoms with Crippen LogP contribution in [0.1, 0.15) is 0 Å². The molecule has 5 aromatic rings. The molecule has 0 amide bonds. The van der Waals surface area contributed by atoms with Crippen LogP contribution in [0.2, 0.25) is 0 Å². The van der Waals surface area contributed by atoms with E-state index in [4.69, 9.17) is 0 Å². The van der Waals surface area contributed by atoms with Crippen LogP contribution in [0.3, 0.4) is 0 Å². The number of rotatable bonds is 4. The predicted octanol–water partition coefficient (Wildman–Crippen LogP) is 5.39. The van der Waals surface area contributed by atoms with Gasteiger partial charge in [-0.2, -0.15) is 0 Å². The maximum atomic E-state index is 2.30. The molecule has 0 fully saturated rings.